The highest BCUT2D eigenvalue weighted by Gasteiger charge is 2.25. The molecule has 0 aromatic carbocycles. The first-order valence-electron chi connectivity index (χ1n) is 3.74. The van der Waals surface area contributed by atoms with Crippen LogP contribution in [-0.4, -0.2) is 30.8 Å². The van der Waals surface area contributed by atoms with Crippen LogP contribution in [0.5, 0.6) is 0 Å². The van der Waals surface area contributed by atoms with E-state index in [1.54, 1.807) is 0 Å². The molecule has 1 aliphatic heterocycles. The Morgan fingerprint density at radius 1 is 1.56 bits per heavy atom. The first-order valence-corrected chi connectivity index (χ1v) is 3.74. The van der Waals surface area contributed by atoms with E-state index in [0.29, 0.717) is 6.23 Å². The highest BCUT2D eigenvalue weighted by atomic mass is 16.5. The van der Waals surface area contributed by atoms with Crippen molar-refractivity contribution in [3.05, 3.63) is 0 Å². The standard InChI is InChI=1S/C7H15NO/c1-3-8-6-5-7(8)9-4-2/h7H,3-6H2,1-2H3. The van der Waals surface area contributed by atoms with Crippen LogP contribution in [0.2, 0.25) is 0 Å². The fraction of sp³-hybridized carbons (Fsp3) is 1.00. The third-order valence-electron chi connectivity index (χ3n) is 1.84. The molecule has 0 spiro atoms. The molecule has 9 heavy (non-hydrogen) atoms. The van der Waals surface area contributed by atoms with Crippen molar-refractivity contribution in [2.24, 2.45) is 0 Å². The monoisotopic (exact) mass is 129 g/mol. The number of likely N-dealkylation sites (tertiary alicyclic amines) is 1. The molecule has 0 aromatic rings. The van der Waals surface area contributed by atoms with Crippen molar-refractivity contribution in [2.45, 2.75) is 26.5 Å². The Bertz CT molecular complexity index is 83.0. The fourth-order valence-electron chi connectivity index (χ4n) is 1.16. The van der Waals surface area contributed by atoms with E-state index < -0.39 is 0 Å². The molecule has 1 unspecified atom stereocenters. The SMILES string of the molecule is CCOC1CCN1CC. The Balaban J connectivity index is 2.11. The van der Waals surface area contributed by atoms with Gasteiger partial charge in [0.2, 0.25) is 0 Å². The van der Waals surface area contributed by atoms with Gasteiger partial charge in [0.15, 0.2) is 0 Å². The Morgan fingerprint density at radius 3 is 2.67 bits per heavy atom. The van der Waals surface area contributed by atoms with Crippen molar-refractivity contribution in [3.8, 4) is 0 Å². The van der Waals surface area contributed by atoms with Crippen LogP contribution in [-0.2, 0) is 4.74 Å². The van der Waals surface area contributed by atoms with E-state index in [1.807, 2.05) is 6.92 Å². The largest absolute Gasteiger partial charge is 0.363 e. The number of rotatable bonds is 3. The van der Waals surface area contributed by atoms with E-state index >= 15 is 0 Å². The topological polar surface area (TPSA) is 12.5 Å². The molecule has 0 aliphatic carbocycles. The molecule has 2 nitrogen and oxygen atoms in total. The summed E-state index contributed by atoms with van der Waals surface area (Å²) in [6.45, 7) is 7.42. The van der Waals surface area contributed by atoms with E-state index in [0.717, 1.165) is 13.2 Å². The van der Waals surface area contributed by atoms with Crippen LogP contribution < -0.4 is 0 Å². The number of hydrogen-bond donors (Lipinski definition) is 0. The Kier molecular flexibility index (Phi) is 2.49. The number of nitrogens with zero attached hydrogens (tertiary/aromatic N) is 1. The average molecular weight is 129 g/mol. The van der Waals surface area contributed by atoms with Gasteiger partial charge >= 0.3 is 0 Å². The van der Waals surface area contributed by atoms with Gasteiger partial charge in [-0.05, 0) is 19.9 Å². The summed E-state index contributed by atoms with van der Waals surface area (Å²) in [5.74, 6) is 0. The molecule has 1 fully saturated rings. The second kappa shape index (κ2) is 3.18. The lowest BCUT2D eigenvalue weighted by atomic mass is 10.2. The van der Waals surface area contributed by atoms with Gasteiger partial charge < -0.3 is 4.74 Å². The molecule has 0 radical (unpaired) electrons. The van der Waals surface area contributed by atoms with Crippen LogP contribution in [0.4, 0.5) is 0 Å². The molecule has 1 saturated heterocycles. The van der Waals surface area contributed by atoms with Gasteiger partial charge in [0, 0.05) is 13.2 Å². The van der Waals surface area contributed by atoms with Gasteiger partial charge in [0.25, 0.3) is 0 Å². The maximum Gasteiger partial charge on any atom is 0.111 e. The normalized spacial score (nSPS) is 28.0. The highest BCUT2D eigenvalue weighted by Crippen LogP contribution is 2.16. The van der Waals surface area contributed by atoms with Gasteiger partial charge in [0.1, 0.15) is 6.23 Å². The van der Waals surface area contributed by atoms with Gasteiger partial charge in [0.05, 0.1) is 0 Å². The highest BCUT2D eigenvalue weighted by molar-refractivity contribution is 4.73. The molecule has 1 rings (SSSR count). The van der Waals surface area contributed by atoms with Crippen molar-refractivity contribution >= 4 is 0 Å². The van der Waals surface area contributed by atoms with Gasteiger partial charge in [-0.3, -0.25) is 4.90 Å². The Morgan fingerprint density at radius 2 is 2.33 bits per heavy atom. The molecule has 0 saturated carbocycles. The second-order valence-corrected chi connectivity index (χ2v) is 2.33. The Labute approximate surface area is 56.8 Å². The summed E-state index contributed by atoms with van der Waals surface area (Å²) in [7, 11) is 0. The average Bonchev–Trinajstić information content (AvgIpc) is 1.82. The smallest absolute Gasteiger partial charge is 0.111 e. The second-order valence-electron chi connectivity index (χ2n) is 2.33. The van der Waals surface area contributed by atoms with Crippen molar-refractivity contribution in [1.29, 1.82) is 0 Å². The van der Waals surface area contributed by atoms with Gasteiger partial charge in [-0.15, -0.1) is 0 Å². The molecule has 0 amide bonds. The van der Waals surface area contributed by atoms with Crippen LogP contribution in [0.25, 0.3) is 0 Å². The molecule has 0 aromatic heterocycles. The van der Waals surface area contributed by atoms with E-state index in [-0.39, 0.29) is 0 Å². The van der Waals surface area contributed by atoms with E-state index in [9.17, 15) is 0 Å². The first kappa shape index (κ1) is 7.03. The third-order valence-corrected chi connectivity index (χ3v) is 1.84. The van der Waals surface area contributed by atoms with Crippen LogP contribution in [0, 0.1) is 0 Å². The predicted molar refractivity (Wildman–Crippen MR) is 37.3 cm³/mol. The lowest BCUT2D eigenvalue weighted by Gasteiger charge is -2.39. The number of hydrogen-bond acceptors (Lipinski definition) is 2. The maximum atomic E-state index is 5.41. The summed E-state index contributed by atoms with van der Waals surface area (Å²) in [5.41, 5.74) is 0. The lowest BCUT2D eigenvalue weighted by molar-refractivity contribution is -0.115. The fourth-order valence-corrected chi connectivity index (χ4v) is 1.16. The summed E-state index contributed by atoms with van der Waals surface area (Å²) < 4.78 is 5.41. The molecule has 2 heteroatoms. The summed E-state index contributed by atoms with van der Waals surface area (Å²) >= 11 is 0. The molecule has 1 atom stereocenters. The molecule has 54 valence electrons. The molecular weight excluding hydrogens is 114 g/mol. The quantitative estimate of drug-likeness (QED) is 0.565. The van der Waals surface area contributed by atoms with E-state index in [4.69, 9.17) is 4.74 Å². The van der Waals surface area contributed by atoms with Crippen LogP contribution >= 0.6 is 0 Å². The van der Waals surface area contributed by atoms with Crippen molar-refractivity contribution in [2.75, 3.05) is 19.7 Å². The summed E-state index contributed by atoms with van der Waals surface area (Å²) in [4.78, 5) is 2.34. The van der Waals surface area contributed by atoms with Gasteiger partial charge in [-0.2, -0.15) is 0 Å². The zero-order valence-electron chi connectivity index (χ0n) is 6.26. The maximum absolute atomic E-state index is 5.41. The van der Waals surface area contributed by atoms with Gasteiger partial charge in [-0.25, -0.2) is 0 Å². The van der Waals surface area contributed by atoms with Crippen LogP contribution in [0.3, 0.4) is 0 Å². The van der Waals surface area contributed by atoms with Crippen molar-refractivity contribution < 1.29 is 4.74 Å². The van der Waals surface area contributed by atoms with Crippen LogP contribution in [0.15, 0.2) is 0 Å². The summed E-state index contributed by atoms with van der Waals surface area (Å²) in [6.07, 6.45) is 1.67. The molecule has 1 heterocycles. The predicted octanol–water partition coefficient (Wildman–Crippen LogP) is 1.07. The van der Waals surface area contributed by atoms with Crippen LogP contribution in [0.1, 0.15) is 20.3 Å². The van der Waals surface area contributed by atoms with Crippen molar-refractivity contribution in [3.63, 3.8) is 0 Å². The minimum atomic E-state index is 0.444. The zero-order chi connectivity index (χ0) is 6.69. The van der Waals surface area contributed by atoms with Crippen molar-refractivity contribution in [1.82, 2.24) is 4.90 Å². The van der Waals surface area contributed by atoms with E-state index in [2.05, 4.69) is 11.8 Å². The number of ether oxygens (including phenoxy) is 1. The molecule has 0 N–H and O–H groups in total. The summed E-state index contributed by atoms with van der Waals surface area (Å²) in [6, 6.07) is 0. The van der Waals surface area contributed by atoms with Gasteiger partial charge in [-0.1, -0.05) is 6.92 Å². The molecular formula is C7H15NO. The third kappa shape index (κ3) is 1.43. The van der Waals surface area contributed by atoms with E-state index in [1.165, 1.54) is 13.0 Å². The summed E-state index contributed by atoms with van der Waals surface area (Å²) in [5, 5.41) is 0. The lowest BCUT2D eigenvalue weighted by Crippen LogP contribution is -2.48. The molecule has 1 aliphatic rings. The molecule has 0 bridgehead atoms. The minimum absolute atomic E-state index is 0.444. The Hall–Kier alpha value is -0.0800. The first-order chi connectivity index (χ1) is 4.38. The zero-order valence-corrected chi connectivity index (χ0v) is 6.26. The minimum Gasteiger partial charge on any atom is -0.363 e.